The Hall–Kier alpha value is -0.120. The number of alkyl halides is 5. The van der Waals surface area contributed by atoms with E-state index in [-0.39, 0.29) is 10.6 Å². The van der Waals surface area contributed by atoms with Crippen molar-refractivity contribution in [1.29, 1.82) is 0 Å². The lowest BCUT2D eigenvalue weighted by molar-refractivity contribution is -0.138. The molecule has 0 aromatic heterocycles. The Labute approximate surface area is 93.6 Å². The van der Waals surface area contributed by atoms with Gasteiger partial charge >= 0.3 is 6.18 Å². The molecule has 0 amide bonds. The zero-order valence-electron chi connectivity index (χ0n) is 6.58. The first-order chi connectivity index (χ1) is 6.34. The summed E-state index contributed by atoms with van der Waals surface area (Å²) in [6.45, 7) is 0. The predicted octanol–water partition coefficient (Wildman–Crippen LogP) is 4.83. The maximum atomic E-state index is 12.4. The van der Waals surface area contributed by atoms with E-state index in [9.17, 15) is 13.2 Å². The normalized spacial score (nSPS) is 12.2. The Morgan fingerprint density at radius 3 is 2.07 bits per heavy atom. The number of hydrogen-bond donors (Lipinski definition) is 0. The summed E-state index contributed by atoms with van der Waals surface area (Å²) in [5, 5.41) is -0.0881. The van der Waals surface area contributed by atoms with Crippen LogP contribution < -0.4 is 0 Å². The second-order valence-corrected chi connectivity index (χ2v) is 4.00. The zero-order valence-corrected chi connectivity index (χ0v) is 8.84. The van der Waals surface area contributed by atoms with Crippen LogP contribution in [-0.4, -0.2) is 0 Å². The van der Waals surface area contributed by atoms with Crippen LogP contribution in [0.3, 0.4) is 0 Å². The first-order valence-corrected chi connectivity index (χ1v) is 4.73. The van der Waals surface area contributed by atoms with Crippen LogP contribution in [0.4, 0.5) is 13.2 Å². The summed E-state index contributed by atoms with van der Waals surface area (Å²) >= 11 is 16.4. The Morgan fingerprint density at radius 2 is 1.71 bits per heavy atom. The largest absolute Gasteiger partial charge is 0.416 e. The monoisotopic (exact) mass is 262 g/mol. The minimum absolute atomic E-state index is 0.0881. The van der Waals surface area contributed by atoms with E-state index in [1.54, 1.807) is 0 Å². The minimum atomic E-state index is -4.50. The van der Waals surface area contributed by atoms with Gasteiger partial charge in [-0.2, -0.15) is 13.2 Å². The average molecular weight is 263 g/mol. The van der Waals surface area contributed by atoms with E-state index in [0.717, 1.165) is 6.07 Å². The van der Waals surface area contributed by atoms with E-state index in [1.165, 1.54) is 12.1 Å². The highest BCUT2D eigenvalue weighted by Crippen LogP contribution is 2.41. The van der Waals surface area contributed by atoms with Crippen LogP contribution in [-0.2, 0) is 6.18 Å². The van der Waals surface area contributed by atoms with Crippen LogP contribution in [0.1, 0.15) is 16.0 Å². The highest BCUT2D eigenvalue weighted by molar-refractivity contribution is 6.45. The van der Waals surface area contributed by atoms with Crippen molar-refractivity contribution in [2.24, 2.45) is 0 Å². The molecule has 0 bridgehead atoms. The number of hydrogen-bond acceptors (Lipinski definition) is 0. The van der Waals surface area contributed by atoms with Gasteiger partial charge in [-0.1, -0.05) is 40.9 Å². The van der Waals surface area contributed by atoms with Crippen LogP contribution in [0, 0.1) is 0 Å². The molecule has 14 heavy (non-hydrogen) atoms. The second kappa shape index (κ2) is 4.17. The molecule has 6 heteroatoms. The molecule has 1 rings (SSSR count). The molecular weight excluding hydrogens is 259 g/mol. The summed E-state index contributed by atoms with van der Waals surface area (Å²) in [6, 6.07) is 3.40. The minimum Gasteiger partial charge on any atom is -0.166 e. The van der Waals surface area contributed by atoms with Gasteiger partial charge in [-0.05, 0) is 12.1 Å². The quantitative estimate of drug-likeness (QED) is 0.636. The predicted molar refractivity (Wildman–Crippen MR) is 50.9 cm³/mol. The van der Waals surface area contributed by atoms with Gasteiger partial charge in [-0.25, -0.2) is 0 Å². The van der Waals surface area contributed by atoms with Gasteiger partial charge in [-0.15, -0.1) is 0 Å². The molecular formula is C8H4Cl3F3. The molecule has 0 saturated heterocycles. The second-order valence-electron chi connectivity index (χ2n) is 2.50. The molecule has 0 aliphatic heterocycles. The van der Waals surface area contributed by atoms with Gasteiger partial charge in [0.1, 0.15) is 4.84 Å². The van der Waals surface area contributed by atoms with Crippen LogP contribution in [0.5, 0.6) is 0 Å². The van der Waals surface area contributed by atoms with Crippen molar-refractivity contribution in [3.05, 3.63) is 34.3 Å². The SMILES string of the molecule is FC(F)(F)c1cccc(Cl)c1C(Cl)Cl. The molecule has 1 aromatic carbocycles. The lowest BCUT2D eigenvalue weighted by atomic mass is 10.1. The van der Waals surface area contributed by atoms with Gasteiger partial charge in [0.25, 0.3) is 0 Å². The molecule has 0 atom stereocenters. The Kier molecular flexibility index (Phi) is 3.56. The molecule has 0 nitrogen and oxygen atoms in total. The molecule has 0 spiro atoms. The van der Waals surface area contributed by atoms with Crippen molar-refractivity contribution >= 4 is 34.8 Å². The topological polar surface area (TPSA) is 0 Å². The summed E-state index contributed by atoms with van der Waals surface area (Å²) in [7, 11) is 0. The van der Waals surface area contributed by atoms with Gasteiger partial charge in [0.05, 0.1) is 5.56 Å². The number of halogens is 6. The van der Waals surface area contributed by atoms with E-state index in [0.29, 0.717) is 0 Å². The van der Waals surface area contributed by atoms with Crippen molar-refractivity contribution in [3.8, 4) is 0 Å². The number of rotatable bonds is 1. The fourth-order valence-electron chi connectivity index (χ4n) is 1.01. The van der Waals surface area contributed by atoms with Crippen LogP contribution in [0.2, 0.25) is 5.02 Å². The van der Waals surface area contributed by atoms with Crippen LogP contribution in [0.15, 0.2) is 18.2 Å². The maximum Gasteiger partial charge on any atom is 0.416 e. The van der Waals surface area contributed by atoms with E-state index >= 15 is 0 Å². The fourth-order valence-corrected chi connectivity index (χ4v) is 1.87. The maximum absolute atomic E-state index is 12.4. The lowest BCUT2D eigenvalue weighted by Crippen LogP contribution is -2.09. The third-order valence-electron chi connectivity index (χ3n) is 1.58. The lowest BCUT2D eigenvalue weighted by Gasteiger charge is -2.14. The van der Waals surface area contributed by atoms with E-state index in [1.807, 2.05) is 0 Å². The summed E-state index contributed by atoms with van der Waals surface area (Å²) in [5.74, 6) is 0. The van der Waals surface area contributed by atoms with E-state index < -0.39 is 16.6 Å². The molecule has 0 unspecified atom stereocenters. The summed E-state index contributed by atoms with van der Waals surface area (Å²) < 4.78 is 37.2. The Balaban J connectivity index is 3.36. The van der Waals surface area contributed by atoms with Crippen LogP contribution >= 0.6 is 34.8 Å². The third-order valence-corrected chi connectivity index (χ3v) is 2.34. The molecule has 0 saturated carbocycles. The smallest absolute Gasteiger partial charge is 0.166 e. The van der Waals surface area contributed by atoms with Crippen molar-refractivity contribution in [2.45, 2.75) is 11.0 Å². The first kappa shape index (κ1) is 12.0. The summed E-state index contributed by atoms with van der Waals surface area (Å²) in [5.41, 5.74) is -1.20. The summed E-state index contributed by atoms with van der Waals surface area (Å²) in [6.07, 6.45) is -4.50. The Bertz CT molecular complexity index is 333. The van der Waals surface area contributed by atoms with Gasteiger partial charge in [0.2, 0.25) is 0 Å². The Morgan fingerprint density at radius 1 is 1.14 bits per heavy atom. The molecule has 0 aliphatic rings. The molecule has 0 fully saturated rings. The van der Waals surface area contributed by atoms with Gasteiger partial charge in [0.15, 0.2) is 0 Å². The standard InChI is InChI=1S/C8H4Cl3F3/c9-5-3-1-2-4(8(12,13)14)6(5)7(10)11/h1-3,7H. The third kappa shape index (κ3) is 2.47. The summed E-state index contributed by atoms with van der Waals surface area (Å²) in [4.78, 5) is -1.29. The molecule has 0 radical (unpaired) electrons. The van der Waals surface area contributed by atoms with Gasteiger partial charge < -0.3 is 0 Å². The molecule has 1 aromatic rings. The van der Waals surface area contributed by atoms with Crippen molar-refractivity contribution < 1.29 is 13.2 Å². The highest BCUT2D eigenvalue weighted by atomic mass is 35.5. The first-order valence-electron chi connectivity index (χ1n) is 3.48. The molecule has 0 N–H and O–H groups in total. The number of benzene rings is 1. The average Bonchev–Trinajstić information content (AvgIpc) is 2.01. The molecule has 0 heterocycles. The molecule has 0 aliphatic carbocycles. The van der Waals surface area contributed by atoms with Crippen molar-refractivity contribution in [2.75, 3.05) is 0 Å². The fraction of sp³-hybridized carbons (Fsp3) is 0.250. The van der Waals surface area contributed by atoms with E-state index in [4.69, 9.17) is 34.8 Å². The van der Waals surface area contributed by atoms with Crippen LogP contribution in [0.25, 0.3) is 0 Å². The van der Waals surface area contributed by atoms with Crippen molar-refractivity contribution in [1.82, 2.24) is 0 Å². The molecule has 78 valence electrons. The van der Waals surface area contributed by atoms with Crippen molar-refractivity contribution in [3.63, 3.8) is 0 Å². The van der Waals surface area contributed by atoms with E-state index in [2.05, 4.69) is 0 Å². The zero-order chi connectivity index (χ0) is 10.9. The highest BCUT2D eigenvalue weighted by Gasteiger charge is 2.35. The van der Waals surface area contributed by atoms with Gasteiger partial charge in [0, 0.05) is 10.6 Å². The van der Waals surface area contributed by atoms with Gasteiger partial charge in [-0.3, -0.25) is 0 Å².